The number of aryl methyl sites for hydroxylation is 3. The van der Waals surface area contributed by atoms with Crippen molar-refractivity contribution in [2.45, 2.75) is 45.1 Å². The molecule has 3 N–H and O–H groups in total. The van der Waals surface area contributed by atoms with Crippen LogP contribution < -0.4 is 11.3 Å². The quantitative estimate of drug-likeness (QED) is 0.654. The number of aromatic nitrogens is 1. The third-order valence-electron chi connectivity index (χ3n) is 4.44. The van der Waals surface area contributed by atoms with Gasteiger partial charge in [-0.3, -0.25) is 16.3 Å². The van der Waals surface area contributed by atoms with E-state index in [9.17, 15) is 0 Å². The van der Waals surface area contributed by atoms with Crippen molar-refractivity contribution in [2.75, 3.05) is 0 Å². The van der Waals surface area contributed by atoms with Crippen molar-refractivity contribution in [2.24, 2.45) is 5.84 Å². The second-order valence-corrected chi connectivity index (χ2v) is 5.78. The zero-order chi connectivity index (χ0) is 14.7. The number of fused-ring (bicyclic) bond motifs is 1. The Labute approximate surface area is 126 Å². The predicted octanol–water partition coefficient (Wildman–Crippen LogP) is 2.88. The van der Waals surface area contributed by atoms with Gasteiger partial charge in [0.15, 0.2) is 0 Å². The Morgan fingerprint density at radius 2 is 2.10 bits per heavy atom. The smallest absolute Gasteiger partial charge is 0.0675 e. The Morgan fingerprint density at radius 3 is 2.90 bits per heavy atom. The van der Waals surface area contributed by atoms with Crippen molar-refractivity contribution in [3.05, 3.63) is 64.5 Å². The maximum atomic E-state index is 5.80. The third kappa shape index (κ3) is 2.99. The van der Waals surface area contributed by atoms with E-state index in [4.69, 9.17) is 5.84 Å². The average Bonchev–Trinajstić information content (AvgIpc) is 3.00. The summed E-state index contributed by atoms with van der Waals surface area (Å²) in [5.74, 6) is 5.80. The van der Waals surface area contributed by atoms with Crippen LogP contribution in [0.2, 0.25) is 0 Å². The second kappa shape index (κ2) is 6.37. The van der Waals surface area contributed by atoms with Gasteiger partial charge < -0.3 is 0 Å². The fourth-order valence-electron chi connectivity index (χ4n) is 3.29. The molecule has 0 spiro atoms. The predicted molar refractivity (Wildman–Crippen MR) is 85.9 cm³/mol. The lowest BCUT2D eigenvalue weighted by Gasteiger charge is -2.18. The van der Waals surface area contributed by atoms with Crippen molar-refractivity contribution in [1.82, 2.24) is 10.4 Å². The summed E-state index contributed by atoms with van der Waals surface area (Å²) in [4.78, 5) is 4.55. The summed E-state index contributed by atoms with van der Waals surface area (Å²) in [5, 5.41) is 0. The Bertz CT molecular complexity index is 622. The summed E-state index contributed by atoms with van der Waals surface area (Å²) in [6, 6.07) is 11.1. The molecule has 1 aliphatic carbocycles. The lowest BCUT2D eigenvalue weighted by atomic mass is 9.97. The number of hydrazine groups is 1. The molecule has 1 heterocycles. The van der Waals surface area contributed by atoms with Gasteiger partial charge in [0.1, 0.15) is 0 Å². The minimum atomic E-state index is 0.0700. The van der Waals surface area contributed by atoms with Crippen LogP contribution in [0.25, 0.3) is 0 Å². The van der Waals surface area contributed by atoms with Gasteiger partial charge in [0.2, 0.25) is 0 Å². The van der Waals surface area contributed by atoms with Crippen LogP contribution in [-0.4, -0.2) is 4.98 Å². The number of nitrogens with one attached hydrogen (secondary N) is 1. The minimum Gasteiger partial charge on any atom is -0.271 e. The van der Waals surface area contributed by atoms with E-state index in [0.717, 1.165) is 18.5 Å². The number of rotatable bonds is 5. The molecular weight excluding hydrogens is 258 g/mol. The zero-order valence-corrected chi connectivity index (χ0v) is 12.6. The molecule has 21 heavy (non-hydrogen) atoms. The lowest BCUT2D eigenvalue weighted by Crippen LogP contribution is -2.31. The van der Waals surface area contributed by atoms with Crippen LogP contribution in [0, 0.1) is 0 Å². The molecule has 110 valence electrons. The van der Waals surface area contributed by atoms with Gasteiger partial charge in [-0.05, 0) is 60.4 Å². The van der Waals surface area contributed by atoms with Gasteiger partial charge in [0, 0.05) is 6.20 Å². The molecule has 0 saturated carbocycles. The molecule has 0 saturated heterocycles. The molecule has 0 bridgehead atoms. The van der Waals surface area contributed by atoms with Crippen LogP contribution >= 0.6 is 0 Å². The van der Waals surface area contributed by atoms with Crippen molar-refractivity contribution < 1.29 is 0 Å². The summed E-state index contributed by atoms with van der Waals surface area (Å²) in [6.45, 7) is 2.16. The number of pyridine rings is 1. The Kier molecular flexibility index (Phi) is 4.32. The molecule has 1 aromatic heterocycles. The number of nitrogens with two attached hydrogens (primary N) is 1. The van der Waals surface area contributed by atoms with Crippen LogP contribution in [0.5, 0.6) is 0 Å². The molecule has 1 atom stereocenters. The van der Waals surface area contributed by atoms with Crippen LogP contribution in [0.15, 0.2) is 36.5 Å². The van der Waals surface area contributed by atoms with Crippen LogP contribution in [0.1, 0.15) is 47.3 Å². The van der Waals surface area contributed by atoms with E-state index >= 15 is 0 Å². The zero-order valence-electron chi connectivity index (χ0n) is 12.6. The molecule has 1 unspecified atom stereocenters. The molecule has 0 fully saturated rings. The molecular formula is C18H23N3. The van der Waals surface area contributed by atoms with E-state index in [2.05, 4.69) is 41.6 Å². The third-order valence-corrected chi connectivity index (χ3v) is 4.44. The van der Waals surface area contributed by atoms with Crippen molar-refractivity contribution in [3.8, 4) is 0 Å². The highest BCUT2D eigenvalue weighted by molar-refractivity contribution is 5.36. The molecule has 1 aliphatic rings. The van der Waals surface area contributed by atoms with Crippen molar-refractivity contribution in [3.63, 3.8) is 0 Å². The molecule has 2 aromatic rings. The summed E-state index contributed by atoms with van der Waals surface area (Å²) >= 11 is 0. The van der Waals surface area contributed by atoms with Gasteiger partial charge in [-0.25, -0.2) is 0 Å². The maximum absolute atomic E-state index is 5.80. The van der Waals surface area contributed by atoms with E-state index in [0.29, 0.717) is 0 Å². The Hall–Kier alpha value is -1.71. The van der Waals surface area contributed by atoms with E-state index in [1.807, 2.05) is 12.3 Å². The topological polar surface area (TPSA) is 50.9 Å². The fraction of sp³-hybridized carbons (Fsp3) is 0.389. The van der Waals surface area contributed by atoms with Crippen LogP contribution in [0.3, 0.4) is 0 Å². The van der Waals surface area contributed by atoms with E-state index in [1.54, 1.807) is 0 Å². The monoisotopic (exact) mass is 281 g/mol. The summed E-state index contributed by atoms with van der Waals surface area (Å²) in [5.41, 5.74) is 9.65. The first-order valence-electron chi connectivity index (χ1n) is 7.82. The highest BCUT2D eigenvalue weighted by atomic mass is 15.2. The van der Waals surface area contributed by atoms with Gasteiger partial charge in [-0.1, -0.05) is 31.2 Å². The first kappa shape index (κ1) is 14.2. The standard InChI is InChI=1S/C18H23N3/c1-2-14-7-4-10-20-18(14)17(21-19)12-13-8-9-15-5-3-6-16(15)11-13/h4,7-11,17,21H,2-3,5-6,12,19H2,1H3. The fourth-order valence-corrected chi connectivity index (χ4v) is 3.29. The molecule has 3 heteroatoms. The Morgan fingerprint density at radius 1 is 1.24 bits per heavy atom. The summed E-state index contributed by atoms with van der Waals surface area (Å²) < 4.78 is 0. The normalized spacial score (nSPS) is 15.0. The first-order chi connectivity index (χ1) is 10.3. The van der Waals surface area contributed by atoms with Gasteiger partial charge in [-0.2, -0.15) is 0 Å². The number of hydrogen-bond acceptors (Lipinski definition) is 3. The molecule has 0 aliphatic heterocycles. The Balaban J connectivity index is 1.84. The van der Waals surface area contributed by atoms with Gasteiger partial charge in [0.25, 0.3) is 0 Å². The largest absolute Gasteiger partial charge is 0.271 e. The maximum Gasteiger partial charge on any atom is 0.0675 e. The molecule has 3 nitrogen and oxygen atoms in total. The number of nitrogens with zero attached hydrogens (tertiary/aromatic N) is 1. The van der Waals surface area contributed by atoms with E-state index < -0.39 is 0 Å². The summed E-state index contributed by atoms with van der Waals surface area (Å²) in [6.07, 6.45) is 7.44. The van der Waals surface area contributed by atoms with Crippen LogP contribution in [-0.2, 0) is 25.7 Å². The molecule has 0 amide bonds. The minimum absolute atomic E-state index is 0.0700. The van der Waals surface area contributed by atoms with E-state index in [-0.39, 0.29) is 6.04 Å². The molecule has 3 rings (SSSR count). The number of hydrogen-bond donors (Lipinski definition) is 2. The van der Waals surface area contributed by atoms with Gasteiger partial charge in [-0.15, -0.1) is 0 Å². The highest BCUT2D eigenvalue weighted by Gasteiger charge is 2.17. The first-order valence-corrected chi connectivity index (χ1v) is 7.82. The molecule has 1 aromatic carbocycles. The highest BCUT2D eigenvalue weighted by Crippen LogP contribution is 2.26. The van der Waals surface area contributed by atoms with Gasteiger partial charge >= 0.3 is 0 Å². The van der Waals surface area contributed by atoms with Gasteiger partial charge in [0.05, 0.1) is 11.7 Å². The summed E-state index contributed by atoms with van der Waals surface area (Å²) in [7, 11) is 0. The van der Waals surface area contributed by atoms with Crippen molar-refractivity contribution >= 4 is 0 Å². The average molecular weight is 281 g/mol. The van der Waals surface area contributed by atoms with Crippen LogP contribution in [0.4, 0.5) is 0 Å². The number of benzene rings is 1. The molecule has 0 radical (unpaired) electrons. The van der Waals surface area contributed by atoms with E-state index in [1.165, 1.54) is 41.5 Å². The second-order valence-electron chi connectivity index (χ2n) is 5.78. The van der Waals surface area contributed by atoms with Crippen molar-refractivity contribution in [1.29, 1.82) is 0 Å². The SMILES string of the molecule is CCc1cccnc1C(Cc1ccc2c(c1)CCC2)NN. The lowest BCUT2D eigenvalue weighted by molar-refractivity contribution is 0.533.